The van der Waals surface area contributed by atoms with Crippen molar-refractivity contribution >= 4 is 22.9 Å². The predicted molar refractivity (Wildman–Crippen MR) is 197 cm³/mol. The van der Waals surface area contributed by atoms with Crippen molar-refractivity contribution < 1.29 is 28.2 Å². The molecule has 4 heterocycles. The standard InChI is InChI=1S/C44H48O7/c1-26(2)31-19-18-28-12-15-29(16-13-28)24-30(17-14-27-10-8-7-9-11-27)25-35(45)48-39-36-34(51-44(5,6)40(39)50-41(31)46)21-20-33-32-22-23-43(3,4)37(32)42(47)49-38(33)36/h7-13,15-16,20-21,30,39-40H,14,17-19,22-25H2,1-6H3. The molecule has 4 aliphatic rings. The van der Waals surface area contributed by atoms with E-state index in [1.165, 1.54) is 5.56 Å². The first-order valence-electron chi connectivity index (χ1n) is 18.3. The molecule has 2 bridgehead atoms. The summed E-state index contributed by atoms with van der Waals surface area (Å²) in [6.45, 7) is 11.6. The minimum absolute atomic E-state index is 0.00184. The lowest BCUT2D eigenvalue weighted by Gasteiger charge is -2.43. The third-order valence-corrected chi connectivity index (χ3v) is 11.2. The van der Waals surface area contributed by atoms with Gasteiger partial charge in [-0.2, -0.15) is 0 Å². The minimum Gasteiger partial charge on any atom is -0.483 e. The number of benzene rings is 3. The molecule has 3 aliphatic heterocycles. The fourth-order valence-corrected chi connectivity index (χ4v) is 8.28. The summed E-state index contributed by atoms with van der Waals surface area (Å²) in [6.07, 6.45) is 3.13. The summed E-state index contributed by atoms with van der Waals surface area (Å²) in [5, 5.41) is 0.791. The van der Waals surface area contributed by atoms with E-state index in [1.807, 2.05) is 58.0 Å². The Balaban J connectivity index is 1.34. The quantitative estimate of drug-likeness (QED) is 0.121. The zero-order valence-corrected chi connectivity index (χ0v) is 30.6. The van der Waals surface area contributed by atoms with Crippen molar-refractivity contribution in [1.82, 2.24) is 0 Å². The minimum atomic E-state index is -1.08. The average molecular weight is 689 g/mol. The number of hydrogen-bond acceptors (Lipinski definition) is 7. The van der Waals surface area contributed by atoms with Gasteiger partial charge in [0.15, 0.2) is 12.2 Å². The van der Waals surface area contributed by atoms with Crippen LogP contribution in [0.4, 0.5) is 0 Å². The summed E-state index contributed by atoms with van der Waals surface area (Å²) in [4.78, 5) is 42.0. The number of carbonyl (C=O) groups excluding carboxylic acids is 2. The van der Waals surface area contributed by atoms with E-state index < -0.39 is 35.4 Å². The van der Waals surface area contributed by atoms with E-state index in [-0.39, 0.29) is 17.8 Å². The van der Waals surface area contributed by atoms with Crippen molar-refractivity contribution in [3.05, 3.63) is 122 Å². The number of esters is 2. The van der Waals surface area contributed by atoms with Gasteiger partial charge in [0, 0.05) is 22.9 Å². The molecule has 0 fully saturated rings. The van der Waals surface area contributed by atoms with Gasteiger partial charge in [-0.25, -0.2) is 9.59 Å². The Morgan fingerprint density at radius 1 is 0.804 bits per heavy atom. The van der Waals surface area contributed by atoms with Gasteiger partial charge in [0.25, 0.3) is 0 Å². The van der Waals surface area contributed by atoms with Crippen LogP contribution in [0.15, 0.2) is 87.1 Å². The van der Waals surface area contributed by atoms with Gasteiger partial charge in [0.05, 0.1) is 5.56 Å². The molecular formula is C44H48O7. The number of aryl methyl sites for hydroxylation is 3. The summed E-state index contributed by atoms with van der Waals surface area (Å²) < 4.78 is 25.6. The molecule has 8 rings (SSSR count). The maximum atomic E-state index is 14.3. The number of fused-ring (bicyclic) bond motifs is 15. The Labute approximate surface area is 300 Å². The molecule has 0 saturated carbocycles. The van der Waals surface area contributed by atoms with Crippen LogP contribution >= 0.6 is 0 Å². The Hall–Kier alpha value is -4.65. The summed E-state index contributed by atoms with van der Waals surface area (Å²) in [5.74, 6) is -0.446. The van der Waals surface area contributed by atoms with E-state index in [4.69, 9.17) is 18.6 Å². The van der Waals surface area contributed by atoms with Crippen LogP contribution in [0.2, 0.25) is 0 Å². The van der Waals surface area contributed by atoms with Gasteiger partial charge in [0.1, 0.15) is 16.9 Å². The van der Waals surface area contributed by atoms with Crippen LogP contribution in [0, 0.1) is 5.92 Å². The van der Waals surface area contributed by atoms with Crippen molar-refractivity contribution in [2.24, 2.45) is 5.92 Å². The van der Waals surface area contributed by atoms with Crippen LogP contribution in [-0.2, 0) is 50.2 Å². The largest absolute Gasteiger partial charge is 0.483 e. The maximum absolute atomic E-state index is 14.3. The Morgan fingerprint density at radius 2 is 1.53 bits per heavy atom. The lowest BCUT2D eigenvalue weighted by Crippen LogP contribution is -2.52. The fourth-order valence-electron chi connectivity index (χ4n) is 8.28. The van der Waals surface area contributed by atoms with E-state index in [0.29, 0.717) is 40.9 Å². The fraction of sp³-hybridized carbons (Fsp3) is 0.432. The molecule has 7 heteroatoms. The van der Waals surface area contributed by atoms with Gasteiger partial charge in [-0.1, -0.05) is 74.0 Å². The SMILES string of the molecule is CC(C)=C1CCc2ccc(cc2)CC(CCc2ccccc2)CC(=O)OC2c3c(ccc4c5c(c(=O)oc34)C(C)(C)CC5)OC(C)(C)C2OC1=O. The first-order chi connectivity index (χ1) is 24.3. The number of allylic oxidation sites excluding steroid dienone is 1. The van der Waals surface area contributed by atoms with Gasteiger partial charge in [-0.15, -0.1) is 0 Å². The highest BCUT2D eigenvalue weighted by Crippen LogP contribution is 2.49. The molecule has 0 spiro atoms. The maximum Gasteiger partial charge on any atom is 0.340 e. The van der Waals surface area contributed by atoms with Crippen molar-refractivity contribution in [1.29, 1.82) is 0 Å². The Kier molecular flexibility index (Phi) is 9.19. The summed E-state index contributed by atoms with van der Waals surface area (Å²) in [7, 11) is 0. The molecule has 0 saturated heterocycles. The third-order valence-electron chi connectivity index (χ3n) is 11.2. The monoisotopic (exact) mass is 688 g/mol. The van der Waals surface area contributed by atoms with Crippen molar-refractivity contribution in [2.45, 2.75) is 116 Å². The van der Waals surface area contributed by atoms with Crippen LogP contribution in [-0.4, -0.2) is 23.6 Å². The van der Waals surface area contributed by atoms with Crippen molar-refractivity contribution in [3.63, 3.8) is 0 Å². The summed E-state index contributed by atoms with van der Waals surface area (Å²) in [5.41, 5.74) is 5.51. The zero-order chi connectivity index (χ0) is 36.1. The van der Waals surface area contributed by atoms with E-state index in [0.717, 1.165) is 59.8 Å². The van der Waals surface area contributed by atoms with Gasteiger partial charge in [-0.3, -0.25) is 4.79 Å². The number of ether oxygens (including phenoxy) is 3. The second kappa shape index (κ2) is 13.5. The van der Waals surface area contributed by atoms with E-state index in [2.05, 4.69) is 50.2 Å². The molecule has 51 heavy (non-hydrogen) atoms. The van der Waals surface area contributed by atoms with E-state index >= 15 is 0 Å². The Bertz CT molecular complexity index is 2060. The first kappa shape index (κ1) is 34.8. The van der Waals surface area contributed by atoms with Crippen LogP contribution in [0.3, 0.4) is 0 Å². The molecule has 0 N–H and O–H groups in total. The zero-order valence-electron chi connectivity index (χ0n) is 30.6. The van der Waals surface area contributed by atoms with Crippen LogP contribution in [0.5, 0.6) is 5.75 Å². The van der Waals surface area contributed by atoms with Crippen LogP contribution in [0.25, 0.3) is 11.0 Å². The van der Waals surface area contributed by atoms with Gasteiger partial charge < -0.3 is 18.6 Å². The highest BCUT2D eigenvalue weighted by molar-refractivity contribution is 5.90. The van der Waals surface area contributed by atoms with Crippen LogP contribution in [0.1, 0.15) is 107 Å². The summed E-state index contributed by atoms with van der Waals surface area (Å²) in [6, 6.07) is 22.6. The average Bonchev–Trinajstić information content (AvgIpc) is 3.41. The smallest absolute Gasteiger partial charge is 0.340 e. The van der Waals surface area contributed by atoms with E-state index in [9.17, 15) is 14.4 Å². The number of carbonyl (C=O) groups is 2. The molecule has 0 radical (unpaired) electrons. The predicted octanol–water partition coefficient (Wildman–Crippen LogP) is 8.85. The molecule has 4 aromatic rings. The number of hydrogen-bond donors (Lipinski definition) is 0. The molecular weight excluding hydrogens is 640 g/mol. The topological polar surface area (TPSA) is 92.0 Å². The third kappa shape index (κ3) is 6.87. The first-order valence-corrected chi connectivity index (χ1v) is 18.3. The molecule has 3 atom stereocenters. The van der Waals surface area contributed by atoms with Gasteiger partial charge in [0.2, 0.25) is 0 Å². The highest BCUT2D eigenvalue weighted by Gasteiger charge is 2.51. The lowest BCUT2D eigenvalue weighted by atomic mass is 9.85. The number of rotatable bonds is 3. The van der Waals surface area contributed by atoms with Crippen molar-refractivity contribution in [3.8, 4) is 5.75 Å². The summed E-state index contributed by atoms with van der Waals surface area (Å²) >= 11 is 0. The molecule has 3 aromatic carbocycles. The second-order valence-corrected chi connectivity index (χ2v) is 16.0. The Morgan fingerprint density at radius 3 is 2.25 bits per heavy atom. The molecule has 1 aliphatic carbocycles. The molecule has 0 amide bonds. The molecule has 7 nitrogen and oxygen atoms in total. The molecule has 3 unspecified atom stereocenters. The lowest BCUT2D eigenvalue weighted by molar-refractivity contribution is -0.188. The van der Waals surface area contributed by atoms with Crippen LogP contribution < -0.4 is 10.4 Å². The highest BCUT2D eigenvalue weighted by atomic mass is 16.6. The van der Waals surface area contributed by atoms with E-state index in [1.54, 1.807) is 0 Å². The second-order valence-electron chi connectivity index (χ2n) is 16.0. The van der Waals surface area contributed by atoms with Crippen molar-refractivity contribution in [2.75, 3.05) is 0 Å². The normalized spacial score (nSPS) is 22.7. The molecule has 266 valence electrons. The van der Waals surface area contributed by atoms with Gasteiger partial charge in [-0.05, 0) is 118 Å². The molecule has 1 aromatic heterocycles. The van der Waals surface area contributed by atoms with Gasteiger partial charge >= 0.3 is 17.6 Å².